The number of imide groups is 2. The molecule has 1 aliphatic rings. The maximum Gasteiger partial charge on any atom is 0.335 e. The third kappa shape index (κ3) is 6.10. The molecule has 0 spiro atoms. The van der Waals surface area contributed by atoms with E-state index in [-0.39, 0.29) is 5.57 Å². The van der Waals surface area contributed by atoms with E-state index in [1.54, 1.807) is 54.6 Å². The van der Waals surface area contributed by atoms with Gasteiger partial charge in [-0.2, -0.15) is 0 Å². The Morgan fingerprint density at radius 3 is 2.32 bits per heavy atom. The number of ether oxygens (including phenoxy) is 3. The number of hydrogen-bond donors (Lipinski definition) is 1. The average molecular weight is 521 g/mol. The number of urea groups is 1. The van der Waals surface area contributed by atoms with Crippen LogP contribution < -0.4 is 24.4 Å². The van der Waals surface area contributed by atoms with E-state index >= 15 is 0 Å². The van der Waals surface area contributed by atoms with Gasteiger partial charge in [-0.15, -0.1) is 0 Å². The van der Waals surface area contributed by atoms with Crippen molar-refractivity contribution in [3.05, 3.63) is 88.5 Å². The highest BCUT2D eigenvalue weighted by Crippen LogP contribution is 2.31. The molecule has 1 N–H and O–H groups in total. The summed E-state index contributed by atoms with van der Waals surface area (Å²) in [7, 11) is 1.49. The number of halogens is 1. The fourth-order valence-electron chi connectivity index (χ4n) is 3.60. The van der Waals surface area contributed by atoms with Crippen molar-refractivity contribution in [2.75, 3.05) is 18.6 Å². The Morgan fingerprint density at radius 2 is 1.65 bits per heavy atom. The maximum atomic E-state index is 13.2. The molecule has 4 amide bonds. The Kier molecular flexibility index (Phi) is 8.10. The van der Waals surface area contributed by atoms with Crippen LogP contribution in [-0.4, -0.2) is 31.6 Å². The second-order valence-electron chi connectivity index (χ2n) is 8.13. The number of anilines is 1. The van der Waals surface area contributed by atoms with Crippen molar-refractivity contribution in [1.29, 1.82) is 0 Å². The van der Waals surface area contributed by atoms with Crippen LogP contribution in [0.4, 0.5) is 10.5 Å². The number of benzene rings is 3. The summed E-state index contributed by atoms with van der Waals surface area (Å²) in [5, 5.41) is 2.86. The van der Waals surface area contributed by atoms with Crippen LogP contribution in [0.15, 0.2) is 72.3 Å². The Hall–Kier alpha value is -4.30. The molecule has 3 aromatic rings. The van der Waals surface area contributed by atoms with Gasteiger partial charge in [0.1, 0.15) is 17.9 Å². The number of carbonyl (C=O) groups excluding carboxylic acids is 3. The number of nitrogens with zero attached hydrogens (tertiary/aromatic N) is 1. The summed E-state index contributed by atoms with van der Waals surface area (Å²) in [5.41, 5.74) is 1.57. The highest BCUT2D eigenvalue weighted by Gasteiger charge is 2.36. The second kappa shape index (κ2) is 11.6. The molecule has 0 atom stereocenters. The van der Waals surface area contributed by atoms with Gasteiger partial charge in [0.15, 0.2) is 11.5 Å². The van der Waals surface area contributed by atoms with Crippen LogP contribution >= 0.6 is 11.6 Å². The zero-order valence-corrected chi connectivity index (χ0v) is 21.1. The Morgan fingerprint density at radius 1 is 0.919 bits per heavy atom. The fourth-order valence-corrected chi connectivity index (χ4v) is 3.73. The van der Waals surface area contributed by atoms with Gasteiger partial charge in [-0.25, -0.2) is 9.69 Å². The largest absolute Gasteiger partial charge is 0.494 e. The van der Waals surface area contributed by atoms with E-state index in [0.29, 0.717) is 46.7 Å². The molecular weight excluding hydrogens is 496 g/mol. The molecule has 0 radical (unpaired) electrons. The van der Waals surface area contributed by atoms with Crippen molar-refractivity contribution in [2.24, 2.45) is 0 Å². The lowest BCUT2D eigenvalue weighted by atomic mass is 10.1. The molecule has 4 rings (SSSR count). The molecular formula is C28H25ClN2O6. The van der Waals surface area contributed by atoms with Gasteiger partial charge in [0.05, 0.1) is 19.4 Å². The van der Waals surface area contributed by atoms with Gasteiger partial charge in [0.25, 0.3) is 11.8 Å². The van der Waals surface area contributed by atoms with Gasteiger partial charge >= 0.3 is 6.03 Å². The topological polar surface area (TPSA) is 94.2 Å². The predicted molar refractivity (Wildman–Crippen MR) is 140 cm³/mol. The lowest BCUT2D eigenvalue weighted by molar-refractivity contribution is -0.122. The first kappa shape index (κ1) is 25.8. The first-order valence-corrected chi connectivity index (χ1v) is 12.0. The molecule has 190 valence electrons. The van der Waals surface area contributed by atoms with Crippen LogP contribution in [0.5, 0.6) is 17.2 Å². The summed E-state index contributed by atoms with van der Waals surface area (Å²) in [4.78, 5) is 39.1. The number of barbiturate groups is 1. The van der Waals surface area contributed by atoms with Gasteiger partial charge in [-0.1, -0.05) is 36.7 Å². The zero-order chi connectivity index (χ0) is 26.4. The average Bonchev–Trinajstić information content (AvgIpc) is 2.90. The minimum Gasteiger partial charge on any atom is -0.494 e. The third-order valence-corrected chi connectivity index (χ3v) is 5.73. The lowest BCUT2D eigenvalue weighted by Gasteiger charge is -2.26. The molecule has 3 aromatic carbocycles. The Labute approximate surface area is 219 Å². The van der Waals surface area contributed by atoms with Crippen molar-refractivity contribution in [2.45, 2.75) is 20.0 Å². The highest BCUT2D eigenvalue weighted by atomic mass is 35.5. The summed E-state index contributed by atoms with van der Waals surface area (Å²) in [6.45, 7) is 2.85. The summed E-state index contributed by atoms with van der Waals surface area (Å²) in [5.74, 6) is 0.00533. The van der Waals surface area contributed by atoms with Crippen molar-refractivity contribution < 1.29 is 28.6 Å². The summed E-state index contributed by atoms with van der Waals surface area (Å²) in [6, 6.07) is 18.0. The monoisotopic (exact) mass is 520 g/mol. The molecule has 8 nitrogen and oxygen atoms in total. The van der Waals surface area contributed by atoms with E-state index < -0.39 is 17.8 Å². The Balaban J connectivity index is 1.54. The van der Waals surface area contributed by atoms with Crippen LogP contribution in [0.25, 0.3) is 6.08 Å². The van der Waals surface area contributed by atoms with Gasteiger partial charge < -0.3 is 14.2 Å². The van der Waals surface area contributed by atoms with E-state index in [9.17, 15) is 14.4 Å². The number of amides is 4. The smallest absolute Gasteiger partial charge is 0.335 e. The third-order valence-electron chi connectivity index (χ3n) is 5.48. The highest BCUT2D eigenvalue weighted by molar-refractivity contribution is 6.39. The minimum absolute atomic E-state index is 0.192. The van der Waals surface area contributed by atoms with Crippen molar-refractivity contribution >= 4 is 41.2 Å². The second-order valence-corrected chi connectivity index (χ2v) is 8.56. The SMILES string of the molecule is CCCOc1ccc(N2C(=O)NC(=O)/C(=C/c3ccc(OCc4ccc(Cl)cc4)c(OC)c3)C2=O)cc1. The fraction of sp³-hybridized carbons (Fsp3) is 0.179. The summed E-state index contributed by atoms with van der Waals surface area (Å²) in [6.07, 6.45) is 2.26. The molecule has 0 aliphatic carbocycles. The van der Waals surface area contributed by atoms with Crippen molar-refractivity contribution in [3.8, 4) is 17.2 Å². The van der Waals surface area contributed by atoms with E-state index in [1.165, 1.54) is 13.2 Å². The molecule has 1 fully saturated rings. The normalized spacial score (nSPS) is 14.5. The number of methoxy groups -OCH3 is 1. The number of rotatable bonds is 9. The molecule has 0 saturated carbocycles. The minimum atomic E-state index is -0.821. The molecule has 1 aliphatic heterocycles. The first-order valence-electron chi connectivity index (χ1n) is 11.6. The predicted octanol–water partition coefficient (Wildman–Crippen LogP) is 5.38. The molecule has 0 unspecified atom stereocenters. The van der Waals surface area contributed by atoms with E-state index in [4.69, 9.17) is 25.8 Å². The number of carbonyl (C=O) groups is 3. The lowest BCUT2D eigenvalue weighted by Crippen LogP contribution is -2.54. The van der Waals surface area contributed by atoms with Crippen LogP contribution in [0, 0.1) is 0 Å². The van der Waals surface area contributed by atoms with Crippen molar-refractivity contribution in [3.63, 3.8) is 0 Å². The first-order chi connectivity index (χ1) is 17.9. The molecule has 9 heteroatoms. The van der Waals surface area contributed by atoms with Crippen LogP contribution in [0.2, 0.25) is 5.02 Å². The molecule has 0 bridgehead atoms. The van der Waals surface area contributed by atoms with E-state index in [1.807, 2.05) is 19.1 Å². The number of hydrogen-bond acceptors (Lipinski definition) is 6. The molecule has 1 saturated heterocycles. The van der Waals surface area contributed by atoms with Crippen LogP contribution in [-0.2, 0) is 16.2 Å². The van der Waals surface area contributed by atoms with Gasteiger partial charge in [-0.05, 0) is 72.2 Å². The Bertz CT molecular complexity index is 1340. The van der Waals surface area contributed by atoms with Crippen LogP contribution in [0.1, 0.15) is 24.5 Å². The summed E-state index contributed by atoms with van der Waals surface area (Å²) < 4.78 is 16.9. The molecule has 1 heterocycles. The van der Waals surface area contributed by atoms with E-state index in [2.05, 4.69) is 5.32 Å². The van der Waals surface area contributed by atoms with Gasteiger partial charge in [0.2, 0.25) is 0 Å². The zero-order valence-electron chi connectivity index (χ0n) is 20.3. The van der Waals surface area contributed by atoms with Crippen molar-refractivity contribution in [1.82, 2.24) is 5.32 Å². The van der Waals surface area contributed by atoms with Crippen LogP contribution in [0.3, 0.4) is 0 Å². The molecule has 37 heavy (non-hydrogen) atoms. The van der Waals surface area contributed by atoms with Gasteiger partial charge in [0, 0.05) is 5.02 Å². The van der Waals surface area contributed by atoms with Gasteiger partial charge in [-0.3, -0.25) is 14.9 Å². The maximum absolute atomic E-state index is 13.2. The molecule has 0 aromatic heterocycles. The quantitative estimate of drug-likeness (QED) is 0.300. The summed E-state index contributed by atoms with van der Waals surface area (Å²) >= 11 is 5.92. The standard InChI is InChI=1S/C28H25ClN2O6/c1-3-14-36-22-11-9-21(10-12-22)31-27(33)23(26(32)30-28(31)34)15-19-6-13-24(25(16-19)35-2)37-17-18-4-7-20(29)8-5-18/h4-13,15-16H,3,14,17H2,1-2H3,(H,30,32,34)/b23-15-. The van der Waals surface area contributed by atoms with E-state index in [0.717, 1.165) is 16.9 Å². The number of nitrogens with one attached hydrogen (secondary N) is 1.